The molecule has 0 spiro atoms. The topological polar surface area (TPSA) is 20.3 Å². The Morgan fingerprint density at radius 3 is 2.25 bits per heavy atom. The lowest BCUT2D eigenvalue weighted by Crippen LogP contribution is -2.09. The van der Waals surface area contributed by atoms with Crippen LogP contribution in [0, 0.1) is 11.6 Å². The molecule has 2 nitrogen and oxygen atoms in total. The van der Waals surface area contributed by atoms with Crippen molar-refractivity contribution in [3.8, 4) is 0 Å². The van der Waals surface area contributed by atoms with Crippen molar-refractivity contribution < 1.29 is 13.6 Å². The predicted molar refractivity (Wildman–Crippen MR) is 75.2 cm³/mol. The fraction of sp³-hybridized carbons (Fsp3) is 0.188. The van der Waals surface area contributed by atoms with Gasteiger partial charge in [0.05, 0.1) is 0 Å². The molecule has 0 aliphatic heterocycles. The molecule has 0 heterocycles. The largest absolute Gasteiger partial charge is 0.378 e. The van der Waals surface area contributed by atoms with Gasteiger partial charge in [0, 0.05) is 37.8 Å². The highest BCUT2D eigenvalue weighted by molar-refractivity contribution is 5.97. The number of carbonyl (C=O) groups is 1. The number of hydrogen-bond donors (Lipinski definition) is 0. The molecule has 20 heavy (non-hydrogen) atoms. The number of benzene rings is 2. The monoisotopic (exact) mass is 275 g/mol. The summed E-state index contributed by atoms with van der Waals surface area (Å²) in [6.07, 6.45) is -0.0760. The van der Waals surface area contributed by atoms with Crippen LogP contribution in [0.3, 0.4) is 0 Å². The second-order valence-corrected chi connectivity index (χ2v) is 4.78. The fourth-order valence-corrected chi connectivity index (χ4v) is 1.89. The standard InChI is InChI=1S/C16H15F2NO/c1-19(2)14-7-4-11(5-8-14)16(20)9-12-3-6-13(17)10-15(12)18/h3-8,10H,9H2,1-2H3. The summed E-state index contributed by atoms with van der Waals surface area (Å²) in [6, 6.07) is 10.3. The maximum Gasteiger partial charge on any atom is 0.167 e. The van der Waals surface area contributed by atoms with E-state index < -0.39 is 11.6 Å². The molecule has 2 rings (SSSR count). The molecule has 0 saturated carbocycles. The van der Waals surface area contributed by atoms with E-state index in [2.05, 4.69) is 0 Å². The van der Waals surface area contributed by atoms with E-state index >= 15 is 0 Å². The van der Waals surface area contributed by atoms with E-state index in [-0.39, 0.29) is 17.8 Å². The van der Waals surface area contributed by atoms with Crippen molar-refractivity contribution in [1.29, 1.82) is 0 Å². The number of halogens is 2. The molecule has 2 aromatic carbocycles. The third-order valence-corrected chi connectivity index (χ3v) is 3.07. The molecule has 0 N–H and O–H groups in total. The molecule has 0 bridgehead atoms. The maximum absolute atomic E-state index is 13.5. The first kappa shape index (κ1) is 14.2. The van der Waals surface area contributed by atoms with Gasteiger partial charge in [-0.15, -0.1) is 0 Å². The zero-order valence-corrected chi connectivity index (χ0v) is 11.4. The highest BCUT2D eigenvalue weighted by atomic mass is 19.1. The number of anilines is 1. The van der Waals surface area contributed by atoms with Gasteiger partial charge in [0.15, 0.2) is 5.78 Å². The molecule has 0 amide bonds. The third kappa shape index (κ3) is 3.20. The molecule has 2 aromatic rings. The van der Waals surface area contributed by atoms with E-state index in [1.807, 2.05) is 31.1 Å². The molecule has 0 aromatic heterocycles. The van der Waals surface area contributed by atoms with Gasteiger partial charge in [-0.25, -0.2) is 8.78 Å². The third-order valence-electron chi connectivity index (χ3n) is 3.07. The van der Waals surface area contributed by atoms with Gasteiger partial charge in [-0.1, -0.05) is 6.07 Å². The van der Waals surface area contributed by atoms with Gasteiger partial charge >= 0.3 is 0 Å². The average Bonchev–Trinajstić information content (AvgIpc) is 2.42. The van der Waals surface area contributed by atoms with E-state index in [1.54, 1.807) is 12.1 Å². The zero-order chi connectivity index (χ0) is 14.7. The Kier molecular flexibility index (Phi) is 4.13. The Balaban J connectivity index is 2.15. The van der Waals surface area contributed by atoms with E-state index in [4.69, 9.17) is 0 Å². The van der Waals surface area contributed by atoms with Crippen LogP contribution in [0.4, 0.5) is 14.5 Å². The minimum atomic E-state index is -0.691. The van der Waals surface area contributed by atoms with Gasteiger partial charge in [-0.05, 0) is 35.9 Å². The second kappa shape index (κ2) is 5.82. The molecule has 0 atom stereocenters. The van der Waals surface area contributed by atoms with Crippen molar-refractivity contribution in [3.63, 3.8) is 0 Å². The maximum atomic E-state index is 13.5. The van der Waals surface area contributed by atoms with Crippen molar-refractivity contribution in [1.82, 2.24) is 0 Å². The van der Waals surface area contributed by atoms with Gasteiger partial charge in [0.1, 0.15) is 11.6 Å². The number of hydrogen-bond acceptors (Lipinski definition) is 2. The van der Waals surface area contributed by atoms with Gasteiger partial charge in [-0.3, -0.25) is 4.79 Å². The molecular formula is C16H15F2NO. The Bertz CT molecular complexity index is 621. The van der Waals surface area contributed by atoms with E-state index in [1.165, 1.54) is 6.07 Å². The number of rotatable bonds is 4. The van der Waals surface area contributed by atoms with Crippen LogP contribution >= 0.6 is 0 Å². The van der Waals surface area contributed by atoms with Crippen LogP contribution in [0.1, 0.15) is 15.9 Å². The zero-order valence-electron chi connectivity index (χ0n) is 11.4. The summed E-state index contributed by atoms with van der Waals surface area (Å²) < 4.78 is 26.3. The molecule has 0 unspecified atom stereocenters. The smallest absolute Gasteiger partial charge is 0.167 e. The van der Waals surface area contributed by atoms with Crippen LogP contribution < -0.4 is 4.90 Å². The first-order chi connectivity index (χ1) is 9.47. The van der Waals surface area contributed by atoms with Crippen LogP contribution in [0.5, 0.6) is 0 Å². The molecule has 0 aliphatic carbocycles. The van der Waals surface area contributed by atoms with Crippen LogP contribution in [0.2, 0.25) is 0 Å². The highest BCUT2D eigenvalue weighted by Gasteiger charge is 2.11. The Labute approximate surface area is 116 Å². The Morgan fingerprint density at radius 1 is 1.05 bits per heavy atom. The first-order valence-corrected chi connectivity index (χ1v) is 6.22. The van der Waals surface area contributed by atoms with Gasteiger partial charge < -0.3 is 4.90 Å². The summed E-state index contributed by atoms with van der Waals surface area (Å²) in [5, 5.41) is 0. The lowest BCUT2D eigenvalue weighted by Gasteiger charge is -2.12. The van der Waals surface area contributed by atoms with Gasteiger partial charge in [0.25, 0.3) is 0 Å². The summed E-state index contributed by atoms with van der Waals surface area (Å²) in [7, 11) is 3.81. The lowest BCUT2D eigenvalue weighted by molar-refractivity contribution is 0.0992. The van der Waals surface area contributed by atoms with Crippen LogP contribution in [0.25, 0.3) is 0 Å². The summed E-state index contributed by atoms with van der Waals surface area (Å²) in [4.78, 5) is 14.0. The van der Waals surface area contributed by atoms with Crippen molar-refractivity contribution in [2.24, 2.45) is 0 Å². The van der Waals surface area contributed by atoms with Gasteiger partial charge in [-0.2, -0.15) is 0 Å². The molecule has 0 fully saturated rings. The van der Waals surface area contributed by atoms with Crippen LogP contribution in [-0.2, 0) is 6.42 Å². The number of ketones is 1. The Hall–Kier alpha value is -2.23. The average molecular weight is 275 g/mol. The first-order valence-electron chi connectivity index (χ1n) is 6.22. The summed E-state index contributed by atoms with van der Waals surface area (Å²) in [5.74, 6) is -1.53. The SMILES string of the molecule is CN(C)c1ccc(C(=O)Cc2ccc(F)cc2F)cc1. The summed E-state index contributed by atoms with van der Waals surface area (Å²) >= 11 is 0. The van der Waals surface area contributed by atoms with E-state index in [9.17, 15) is 13.6 Å². The fourth-order valence-electron chi connectivity index (χ4n) is 1.89. The van der Waals surface area contributed by atoms with Crippen molar-refractivity contribution in [3.05, 3.63) is 65.2 Å². The number of carbonyl (C=O) groups excluding carboxylic acids is 1. The number of Topliss-reactive ketones (excluding diaryl/α,β-unsaturated/α-hetero) is 1. The Morgan fingerprint density at radius 2 is 1.70 bits per heavy atom. The molecule has 0 aliphatic rings. The van der Waals surface area contributed by atoms with Gasteiger partial charge in [0.2, 0.25) is 0 Å². The minimum Gasteiger partial charge on any atom is -0.378 e. The normalized spacial score (nSPS) is 10.4. The van der Waals surface area contributed by atoms with Crippen molar-refractivity contribution in [2.75, 3.05) is 19.0 Å². The van der Waals surface area contributed by atoms with E-state index in [0.717, 1.165) is 17.8 Å². The van der Waals surface area contributed by atoms with Crippen molar-refractivity contribution >= 4 is 11.5 Å². The highest BCUT2D eigenvalue weighted by Crippen LogP contribution is 2.16. The lowest BCUT2D eigenvalue weighted by atomic mass is 10.0. The molecule has 0 saturated heterocycles. The summed E-state index contributed by atoms with van der Waals surface area (Å²) in [6.45, 7) is 0. The van der Waals surface area contributed by atoms with Crippen molar-refractivity contribution in [2.45, 2.75) is 6.42 Å². The predicted octanol–water partition coefficient (Wildman–Crippen LogP) is 3.46. The van der Waals surface area contributed by atoms with Crippen LogP contribution in [0.15, 0.2) is 42.5 Å². The van der Waals surface area contributed by atoms with Crippen LogP contribution in [-0.4, -0.2) is 19.9 Å². The summed E-state index contributed by atoms with van der Waals surface area (Å²) in [5.41, 5.74) is 1.70. The minimum absolute atomic E-state index is 0.0760. The molecule has 0 radical (unpaired) electrons. The quantitative estimate of drug-likeness (QED) is 0.796. The molecular weight excluding hydrogens is 260 g/mol. The second-order valence-electron chi connectivity index (χ2n) is 4.78. The number of nitrogens with zero attached hydrogens (tertiary/aromatic N) is 1. The molecule has 104 valence electrons. The van der Waals surface area contributed by atoms with E-state index in [0.29, 0.717) is 5.56 Å². The molecule has 4 heteroatoms.